The number of hydrogen-bond acceptors (Lipinski definition) is 6. The number of hydrogen-bond donors (Lipinski definition) is 0. The van der Waals surface area contributed by atoms with Crippen molar-refractivity contribution < 1.29 is 23.9 Å². The van der Waals surface area contributed by atoms with E-state index in [-0.39, 0.29) is 11.0 Å². The molecule has 2 aromatic carbocycles. The lowest BCUT2D eigenvalue weighted by Gasteiger charge is -2.14. The second-order valence-corrected chi connectivity index (χ2v) is 8.20. The van der Waals surface area contributed by atoms with Gasteiger partial charge in [-0.2, -0.15) is 0 Å². The van der Waals surface area contributed by atoms with Gasteiger partial charge in [0.25, 0.3) is 11.1 Å². The van der Waals surface area contributed by atoms with Crippen LogP contribution in [0.25, 0.3) is 16.8 Å². The van der Waals surface area contributed by atoms with E-state index >= 15 is 0 Å². The predicted molar refractivity (Wildman–Crippen MR) is 118 cm³/mol. The molecule has 1 aliphatic heterocycles. The number of imide groups is 1. The molecule has 0 radical (unpaired) electrons. The standard InChI is InChI=1S/C23H25NO5S/c1-4-5-12-28-19-11-10-16-8-6-7-9-17(16)18(19)13-20-22(26)24(23(27)30-20)14-21(25)29-15(2)3/h6-11,13,15H,4-5,12,14H2,1-3H3/b20-13-. The topological polar surface area (TPSA) is 72.9 Å². The summed E-state index contributed by atoms with van der Waals surface area (Å²) in [6.45, 7) is 5.69. The Morgan fingerprint density at radius 3 is 2.67 bits per heavy atom. The molecular formula is C23H25NO5S. The van der Waals surface area contributed by atoms with Crippen molar-refractivity contribution in [3.8, 4) is 5.75 Å². The van der Waals surface area contributed by atoms with Gasteiger partial charge >= 0.3 is 5.97 Å². The fraction of sp³-hybridized carbons (Fsp3) is 0.348. The number of benzene rings is 2. The molecule has 0 aromatic heterocycles. The molecule has 0 unspecified atom stereocenters. The number of esters is 1. The smallest absolute Gasteiger partial charge is 0.326 e. The van der Waals surface area contributed by atoms with Gasteiger partial charge in [0.1, 0.15) is 12.3 Å². The molecule has 30 heavy (non-hydrogen) atoms. The van der Waals surface area contributed by atoms with Gasteiger partial charge < -0.3 is 9.47 Å². The maximum Gasteiger partial charge on any atom is 0.326 e. The van der Waals surface area contributed by atoms with E-state index in [1.54, 1.807) is 19.9 Å². The van der Waals surface area contributed by atoms with E-state index in [4.69, 9.17) is 9.47 Å². The summed E-state index contributed by atoms with van der Waals surface area (Å²) >= 11 is 0.818. The molecule has 6 nitrogen and oxygen atoms in total. The van der Waals surface area contributed by atoms with Crippen molar-refractivity contribution >= 4 is 45.7 Å². The van der Waals surface area contributed by atoms with Crippen LogP contribution in [0, 0.1) is 0 Å². The van der Waals surface area contributed by atoms with Crippen LogP contribution in [0.15, 0.2) is 41.3 Å². The Kier molecular flexibility index (Phi) is 7.15. The Bertz CT molecular complexity index is 998. The zero-order valence-electron chi connectivity index (χ0n) is 17.3. The van der Waals surface area contributed by atoms with Gasteiger partial charge in [0.2, 0.25) is 0 Å². The quantitative estimate of drug-likeness (QED) is 0.335. The first-order chi connectivity index (χ1) is 14.4. The van der Waals surface area contributed by atoms with Gasteiger partial charge in [-0.05, 0) is 54.9 Å². The second-order valence-electron chi connectivity index (χ2n) is 7.21. The number of ether oxygens (including phenoxy) is 2. The summed E-state index contributed by atoms with van der Waals surface area (Å²) in [7, 11) is 0. The van der Waals surface area contributed by atoms with Gasteiger partial charge in [0.15, 0.2) is 0 Å². The average molecular weight is 428 g/mol. The van der Waals surface area contributed by atoms with Gasteiger partial charge in [0, 0.05) is 5.56 Å². The van der Waals surface area contributed by atoms with E-state index in [2.05, 4.69) is 6.92 Å². The van der Waals surface area contributed by atoms with E-state index in [9.17, 15) is 14.4 Å². The number of carbonyl (C=O) groups is 3. The van der Waals surface area contributed by atoms with Crippen molar-refractivity contribution in [2.45, 2.75) is 39.7 Å². The van der Waals surface area contributed by atoms with E-state index in [0.717, 1.165) is 45.8 Å². The maximum absolute atomic E-state index is 12.8. The van der Waals surface area contributed by atoms with Crippen molar-refractivity contribution in [1.29, 1.82) is 0 Å². The van der Waals surface area contributed by atoms with Crippen LogP contribution in [0.3, 0.4) is 0 Å². The number of nitrogens with zero attached hydrogens (tertiary/aromatic N) is 1. The summed E-state index contributed by atoms with van der Waals surface area (Å²) in [5, 5.41) is 1.45. The monoisotopic (exact) mass is 427 g/mol. The van der Waals surface area contributed by atoms with Gasteiger partial charge in [-0.1, -0.05) is 43.7 Å². The van der Waals surface area contributed by atoms with Crippen LogP contribution >= 0.6 is 11.8 Å². The highest BCUT2D eigenvalue weighted by atomic mass is 32.2. The minimum absolute atomic E-state index is 0.258. The van der Waals surface area contributed by atoms with Crippen LogP contribution in [-0.2, 0) is 14.3 Å². The highest BCUT2D eigenvalue weighted by Gasteiger charge is 2.37. The lowest BCUT2D eigenvalue weighted by molar-refractivity contribution is -0.149. The normalized spacial score (nSPS) is 15.5. The number of thioether (sulfide) groups is 1. The first-order valence-electron chi connectivity index (χ1n) is 10.00. The molecule has 0 atom stereocenters. The van der Waals surface area contributed by atoms with E-state index in [1.807, 2.05) is 36.4 Å². The SMILES string of the molecule is CCCCOc1ccc2ccccc2c1/C=C1\SC(=O)N(CC(=O)OC(C)C)C1=O. The number of unbranched alkanes of at least 4 members (excludes halogenated alkanes) is 1. The number of amides is 2. The van der Waals surface area contributed by atoms with Crippen LogP contribution in [0.2, 0.25) is 0 Å². The highest BCUT2D eigenvalue weighted by molar-refractivity contribution is 8.18. The van der Waals surface area contributed by atoms with Gasteiger partial charge in [-0.25, -0.2) is 0 Å². The molecule has 3 rings (SSSR count). The lowest BCUT2D eigenvalue weighted by Crippen LogP contribution is -2.35. The molecule has 2 aromatic rings. The fourth-order valence-electron chi connectivity index (χ4n) is 3.07. The first-order valence-corrected chi connectivity index (χ1v) is 10.8. The molecule has 7 heteroatoms. The molecule has 1 fully saturated rings. The van der Waals surface area contributed by atoms with Crippen molar-refractivity contribution in [1.82, 2.24) is 4.90 Å². The number of carbonyl (C=O) groups excluding carboxylic acids is 3. The Morgan fingerprint density at radius 2 is 1.93 bits per heavy atom. The molecule has 2 amide bonds. The summed E-state index contributed by atoms with van der Waals surface area (Å²) in [6.07, 6.45) is 3.30. The molecule has 0 saturated carbocycles. The van der Waals surface area contributed by atoms with Crippen LogP contribution in [0.1, 0.15) is 39.2 Å². The van der Waals surface area contributed by atoms with Crippen molar-refractivity contribution in [3.05, 3.63) is 46.9 Å². The predicted octanol–water partition coefficient (Wildman–Crippen LogP) is 5.01. The summed E-state index contributed by atoms with van der Waals surface area (Å²) in [5.41, 5.74) is 0.750. The lowest BCUT2D eigenvalue weighted by atomic mass is 10.0. The Hall–Kier alpha value is -2.80. The molecule has 0 bridgehead atoms. The second kappa shape index (κ2) is 9.80. The maximum atomic E-state index is 12.8. The first kappa shape index (κ1) is 21.9. The zero-order chi connectivity index (χ0) is 21.7. The molecule has 1 saturated heterocycles. The van der Waals surface area contributed by atoms with Crippen molar-refractivity contribution in [2.75, 3.05) is 13.2 Å². The van der Waals surface area contributed by atoms with E-state index in [1.165, 1.54) is 0 Å². The van der Waals surface area contributed by atoms with Gasteiger partial charge in [-0.3, -0.25) is 19.3 Å². The summed E-state index contributed by atoms with van der Waals surface area (Å²) in [5.74, 6) is -0.450. The molecule has 0 N–H and O–H groups in total. The summed E-state index contributed by atoms with van der Waals surface area (Å²) < 4.78 is 11.0. The number of rotatable bonds is 8. The Balaban J connectivity index is 1.93. The van der Waals surface area contributed by atoms with Crippen molar-refractivity contribution in [2.24, 2.45) is 0 Å². The highest BCUT2D eigenvalue weighted by Crippen LogP contribution is 2.36. The van der Waals surface area contributed by atoms with Crippen molar-refractivity contribution in [3.63, 3.8) is 0 Å². The van der Waals surface area contributed by atoms with E-state index < -0.39 is 23.7 Å². The molecule has 158 valence electrons. The third-order valence-corrected chi connectivity index (χ3v) is 5.40. The number of fused-ring (bicyclic) bond motifs is 1. The zero-order valence-corrected chi connectivity index (χ0v) is 18.2. The molecular weight excluding hydrogens is 402 g/mol. The third-order valence-electron chi connectivity index (χ3n) is 4.49. The average Bonchev–Trinajstić information content (AvgIpc) is 2.96. The Morgan fingerprint density at radius 1 is 1.17 bits per heavy atom. The minimum atomic E-state index is -0.609. The molecule has 0 spiro atoms. The molecule has 0 aliphatic carbocycles. The van der Waals surface area contributed by atoms with Crippen LogP contribution in [-0.4, -0.2) is 41.3 Å². The van der Waals surface area contributed by atoms with E-state index in [0.29, 0.717) is 12.4 Å². The Labute approximate surface area is 180 Å². The summed E-state index contributed by atoms with van der Waals surface area (Å²) in [6, 6.07) is 11.7. The van der Waals surface area contributed by atoms with Crippen LogP contribution < -0.4 is 4.74 Å². The molecule has 1 aliphatic rings. The third kappa shape index (κ3) is 5.02. The van der Waals surface area contributed by atoms with Gasteiger partial charge in [-0.15, -0.1) is 0 Å². The fourth-order valence-corrected chi connectivity index (χ4v) is 3.89. The largest absolute Gasteiger partial charge is 0.493 e. The molecule has 1 heterocycles. The minimum Gasteiger partial charge on any atom is -0.493 e. The van der Waals surface area contributed by atoms with Gasteiger partial charge in [0.05, 0.1) is 17.6 Å². The van der Waals surface area contributed by atoms with Crippen LogP contribution in [0.5, 0.6) is 5.75 Å². The van der Waals surface area contributed by atoms with Crippen LogP contribution in [0.4, 0.5) is 4.79 Å². The summed E-state index contributed by atoms with van der Waals surface area (Å²) in [4.78, 5) is 38.3.